The maximum absolute atomic E-state index is 11.9. The summed E-state index contributed by atoms with van der Waals surface area (Å²) in [5.74, 6) is -3.03. The molecule has 8 nitrogen and oxygen atoms in total. The molecule has 2 unspecified atom stereocenters. The summed E-state index contributed by atoms with van der Waals surface area (Å²) in [5, 5.41) is 18.3. The highest BCUT2D eigenvalue weighted by Crippen LogP contribution is 2.54. The molecule has 6 N–H and O–H groups in total. The number of carbonyl (C=O) groups is 1. The van der Waals surface area contributed by atoms with E-state index in [1.165, 1.54) is 12.3 Å². The van der Waals surface area contributed by atoms with Crippen molar-refractivity contribution in [3.8, 4) is 0 Å². The Labute approximate surface area is 108 Å². The fourth-order valence-corrected chi connectivity index (χ4v) is 2.94. The van der Waals surface area contributed by atoms with E-state index in [1.54, 1.807) is 0 Å². The summed E-state index contributed by atoms with van der Waals surface area (Å²) in [6.07, 6.45) is 0.543. The lowest BCUT2D eigenvalue weighted by Crippen LogP contribution is -2.31. The van der Waals surface area contributed by atoms with Gasteiger partial charge in [0, 0.05) is 18.4 Å². The molecule has 0 bridgehead atoms. The molecule has 0 spiro atoms. The van der Waals surface area contributed by atoms with E-state index < -0.39 is 36.9 Å². The third-order valence-electron chi connectivity index (χ3n) is 2.56. The Kier molecular flexibility index (Phi) is 5.02. The molecule has 106 valence electrons. The Balaban J connectivity index is 2.79. The molecule has 0 radical (unpaired) electrons. The maximum Gasteiger partial charge on any atom is 0.320 e. The van der Waals surface area contributed by atoms with E-state index in [-0.39, 0.29) is 12.0 Å². The van der Waals surface area contributed by atoms with Crippen molar-refractivity contribution >= 4 is 13.3 Å². The van der Waals surface area contributed by atoms with Crippen molar-refractivity contribution in [3.63, 3.8) is 0 Å². The summed E-state index contributed by atoms with van der Waals surface area (Å²) in [4.78, 5) is 33.5. The van der Waals surface area contributed by atoms with Gasteiger partial charge < -0.3 is 25.8 Å². The number of rotatable bonds is 6. The Hall–Kier alpha value is -1.47. The van der Waals surface area contributed by atoms with Crippen LogP contribution in [-0.4, -0.2) is 38.3 Å². The van der Waals surface area contributed by atoms with Crippen LogP contribution in [0.5, 0.6) is 0 Å². The number of carboxylic acids is 1. The van der Waals surface area contributed by atoms with Gasteiger partial charge in [-0.15, -0.1) is 0 Å². The number of hydrogen-bond donors (Lipinski definition) is 5. The molecule has 19 heavy (non-hydrogen) atoms. The van der Waals surface area contributed by atoms with Gasteiger partial charge in [-0.05, 0) is 18.1 Å². The van der Waals surface area contributed by atoms with Crippen molar-refractivity contribution in [3.05, 3.63) is 34.2 Å². The van der Waals surface area contributed by atoms with E-state index in [1.807, 2.05) is 0 Å². The van der Waals surface area contributed by atoms with Crippen LogP contribution in [0.2, 0.25) is 0 Å². The average molecular weight is 290 g/mol. The van der Waals surface area contributed by atoms with Gasteiger partial charge in [0.2, 0.25) is 12.9 Å². The molecular formula is C10H15N2O6P. The molecule has 0 saturated heterocycles. The van der Waals surface area contributed by atoms with Crippen LogP contribution in [-0.2, 0) is 9.36 Å². The number of nitrogens with one attached hydrogen (secondary N) is 1. The summed E-state index contributed by atoms with van der Waals surface area (Å²) in [6.45, 7) is 0. The van der Waals surface area contributed by atoms with Crippen LogP contribution in [0.1, 0.15) is 17.8 Å². The first-order valence-corrected chi connectivity index (χ1v) is 7.32. The molecule has 0 aliphatic heterocycles. The third-order valence-corrected chi connectivity index (χ3v) is 4.52. The molecule has 3 atom stereocenters. The molecule has 0 amide bonds. The summed E-state index contributed by atoms with van der Waals surface area (Å²) < 4.78 is 11.9. The second-order valence-corrected chi connectivity index (χ2v) is 6.52. The summed E-state index contributed by atoms with van der Waals surface area (Å²) in [6, 6.07) is 1.03. The summed E-state index contributed by atoms with van der Waals surface area (Å²) >= 11 is 0. The minimum atomic E-state index is -4.06. The van der Waals surface area contributed by atoms with Gasteiger partial charge in [-0.2, -0.15) is 0 Å². The van der Waals surface area contributed by atoms with Crippen LogP contribution in [0.15, 0.2) is 23.1 Å². The number of H-pyrrole nitrogens is 1. The van der Waals surface area contributed by atoms with Crippen molar-refractivity contribution in [2.24, 2.45) is 5.73 Å². The van der Waals surface area contributed by atoms with E-state index >= 15 is 0 Å². The van der Waals surface area contributed by atoms with Crippen LogP contribution >= 0.6 is 7.37 Å². The highest BCUT2D eigenvalue weighted by molar-refractivity contribution is 7.58. The second kappa shape index (κ2) is 6.12. The van der Waals surface area contributed by atoms with Gasteiger partial charge in [-0.1, -0.05) is 0 Å². The van der Waals surface area contributed by atoms with Crippen LogP contribution in [0.25, 0.3) is 0 Å². The first-order valence-electron chi connectivity index (χ1n) is 5.40. The molecule has 0 aromatic carbocycles. The zero-order valence-electron chi connectivity index (χ0n) is 9.89. The van der Waals surface area contributed by atoms with Crippen molar-refractivity contribution in [1.82, 2.24) is 4.98 Å². The number of carboxylic acid groups (broad SMARTS) is 1. The molecule has 0 saturated carbocycles. The molecule has 1 aromatic heterocycles. The minimum absolute atomic E-state index is 0.00141. The van der Waals surface area contributed by atoms with Gasteiger partial charge in [-0.3, -0.25) is 14.2 Å². The van der Waals surface area contributed by atoms with Crippen LogP contribution in [0, 0.1) is 0 Å². The molecular weight excluding hydrogens is 275 g/mol. The molecule has 0 aliphatic rings. The van der Waals surface area contributed by atoms with Gasteiger partial charge in [0.15, 0.2) is 5.85 Å². The van der Waals surface area contributed by atoms with Gasteiger partial charge in [0.1, 0.15) is 6.04 Å². The van der Waals surface area contributed by atoms with Gasteiger partial charge in [0.25, 0.3) is 0 Å². The van der Waals surface area contributed by atoms with E-state index in [9.17, 15) is 24.2 Å². The highest BCUT2D eigenvalue weighted by Gasteiger charge is 2.31. The molecule has 9 heteroatoms. The highest BCUT2D eigenvalue weighted by atomic mass is 31.2. The van der Waals surface area contributed by atoms with Crippen molar-refractivity contribution in [2.45, 2.75) is 18.3 Å². The number of pyridine rings is 1. The topological polar surface area (TPSA) is 154 Å². The second-order valence-electron chi connectivity index (χ2n) is 4.07. The normalized spacial score (nSPS) is 17.4. The van der Waals surface area contributed by atoms with Crippen LogP contribution < -0.4 is 11.3 Å². The van der Waals surface area contributed by atoms with Crippen molar-refractivity contribution in [2.75, 3.05) is 6.16 Å². The van der Waals surface area contributed by atoms with Gasteiger partial charge in [-0.25, -0.2) is 0 Å². The summed E-state index contributed by atoms with van der Waals surface area (Å²) in [5.41, 5.74) is 4.70. The number of nitrogens with two attached hydrogens (primary N) is 1. The predicted molar refractivity (Wildman–Crippen MR) is 66.9 cm³/mol. The number of aliphatic hydroxyl groups excluding tert-OH is 1. The van der Waals surface area contributed by atoms with E-state index in [0.29, 0.717) is 0 Å². The Morgan fingerprint density at radius 2 is 2.16 bits per heavy atom. The fourth-order valence-electron chi connectivity index (χ4n) is 1.42. The number of aromatic nitrogens is 1. The van der Waals surface area contributed by atoms with Crippen molar-refractivity contribution in [1.29, 1.82) is 0 Å². The van der Waals surface area contributed by atoms with Crippen LogP contribution in [0.3, 0.4) is 0 Å². The van der Waals surface area contributed by atoms with E-state index in [0.717, 1.165) is 6.07 Å². The number of aromatic amines is 1. The average Bonchev–Trinajstić information content (AvgIpc) is 2.34. The third kappa shape index (κ3) is 4.29. The number of aliphatic hydroxyl groups is 1. The zero-order chi connectivity index (χ0) is 14.6. The molecule has 1 aromatic rings. The molecule has 1 heterocycles. The largest absolute Gasteiger partial charge is 0.480 e. The predicted octanol–water partition coefficient (Wildman–Crippen LogP) is -0.562. The van der Waals surface area contributed by atoms with E-state index in [2.05, 4.69) is 4.98 Å². The summed E-state index contributed by atoms with van der Waals surface area (Å²) in [7, 11) is -4.06. The van der Waals surface area contributed by atoms with Gasteiger partial charge in [0.05, 0.1) is 0 Å². The maximum atomic E-state index is 11.9. The smallest absolute Gasteiger partial charge is 0.320 e. The quantitative estimate of drug-likeness (QED) is 0.440. The Bertz CT molecular complexity index is 557. The monoisotopic (exact) mass is 290 g/mol. The fraction of sp³-hybridized carbons (Fsp3) is 0.400. The SMILES string of the molecule is N[C@@H](CCP(=O)(O)C(O)c1cc[nH]c(=O)c1)C(=O)O. The van der Waals surface area contributed by atoms with Crippen molar-refractivity contribution < 1.29 is 24.5 Å². The lowest BCUT2D eigenvalue weighted by molar-refractivity contribution is -0.138. The lowest BCUT2D eigenvalue weighted by atomic mass is 10.2. The zero-order valence-corrected chi connectivity index (χ0v) is 10.8. The standard InChI is InChI=1S/C10H15N2O6P/c11-7(9(14)15)2-4-19(17,18)10(16)6-1-3-12-8(13)5-6/h1,3,5,7,10,16H,2,4,11H2,(H,12,13)(H,14,15)(H,17,18)/t7-,10?/m0/s1. The number of hydrogen-bond acceptors (Lipinski definition) is 5. The lowest BCUT2D eigenvalue weighted by Gasteiger charge is -2.19. The molecule has 0 fully saturated rings. The molecule has 0 aliphatic carbocycles. The minimum Gasteiger partial charge on any atom is -0.480 e. The first kappa shape index (κ1) is 15.6. The Morgan fingerprint density at radius 1 is 1.53 bits per heavy atom. The Morgan fingerprint density at radius 3 is 2.68 bits per heavy atom. The number of aliphatic carboxylic acids is 1. The van der Waals surface area contributed by atoms with Crippen LogP contribution in [0.4, 0.5) is 0 Å². The van der Waals surface area contributed by atoms with Gasteiger partial charge >= 0.3 is 5.97 Å². The first-order chi connectivity index (χ1) is 8.74. The molecule has 1 rings (SSSR count). The van der Waals surface area contributed by atoms with E-state index in [4.69, 9.17) is 10.8 Å².